The highest BCUT2D eigenvalue weighted by atomic mass is 32.1. The Kier molecular flexibility index (Phi) is 4.95. The first-order valence-electron chi connectivity index (χ1n) is 7.05. The van der Waals surface area contributed by atoms with Crippen molar-refractivity contribution in [2.24, 2.45) is 0 Å². The number of likely N-dealkylation sites (N-methyl/N-ethyl adjacent to an activating group) is 2. The number of nitrogens with one attached hydrogen (secondary N) is 2. The Balaban J connectivity index is 2.37. The topological polar surface area (TPSA) is 70.2 Å². The minimum absolute atomic E-state index is 0.0104. The molecule has 0 bridgehead atoms. The Morgan fingerprint density at radius 2 is 2.10 bits per heavy atom. The van der Waals surface area contributed by atoms with Gasteiger partial charge in [-0.25, -0.2) is 4.98 Å². The lowest BCUT2D eigenvalue weighted by molar-refractivity contribution is -0.119. The maximum Gasteiger partial charge on any atom is 0.239 e. The summed E-state index contributed by atoms with van der Waals surface area (Å²) in [5.74, 6) is 1.37. The smallest absolute Gasteiger partial charge is 0.239 e. The van der Waals surface area contributed by atoms with Crippen LogP contribution in [0.5, 0.6) is 0 Å². The van der Waals surface area contributed by atoms with Crippen LogP contribution in [0, 0.1) is 6.92 Å². The predicted octanol–water partition coefficient (Wildman–Crippen LogP) is 2.00. The van der Waals surface area contributed by atoms with Crippen LogP contribution >= 0.6 is 11.3 Å². The summed E-state index contributed by atoms with van der Waals surface area (Å²) in [6, 6.07) is 2.07. The van der Waals surface area contributed by atoms with E-state index in [0.717, 1.165) is 22.6 Å². The molecular formula is C14H21N5OS. The molecule has 2 aromatic rings. The van der Waals surface area contributed by atoms with Gasteiger partial charge < -0.3 is 15.5 Å². The van der Waals surface area contributed by atoms with E-state index >= 15 is 0 Å². The number of hydrogen-bond acceptors (Lipinski definition) is 6. The van der Waals surface area contributed by atoms with Gasteiger partial charge in [0.15, 0.2) is 0 Å². The normalized spacial score (nSPS) is 10.7. The zero-order chi connectivity index (χ0) is 15.4. The molecule has 6 nitrogen and oxygen atoms in total. The molecule has 0 fully saturated rings. The molecule has 2 N–H and O–H groups in total. The molecule has 0 spiro atoms. The number of thiophene rings is 1. The van der Waals surface area contributed by atoms with Crippen LogP contribution in [0.4, 0.5) is 11.8 Å². The van der Waals surface area contributed by atoms with Gasteiger partial charge in [0.25, 0.3) is 0 Å². The van der Waals surface area contributed by atoms with Crippen LogP contribution in [0.15, 0.2) is 6.07 Å². The fourth-order valence-electron chi connectivity index (χ4n) is 2.10. The highest BCUT2D eigenvalue weighted by molar-refractivity contribution is 7.18. The zero-order valence-corrected chi connectivity index (χ0v) is 13.7. The lowest BCUT2D eigenvalue weighted by Gasteiger charge is -2.19. The van der Waals surface area contributed by atoms with E-state index in [1.165, 1.54) is 4.88 Å². The number of nitrogens with zero attached hydrogens (tertiary/aromatic N) is 3. The number of rotatable bonds is 6. The van der Waals surface area contributed by atoms with Crippen LogP contribution in [0.1, 0.15) is 18.7 Å². The van der Waals surface area contributed by atoms with Gasteiger partial charge in [-0.2, -0.15) is 4.98 Å². The third kappa shape index (κ3) is 3.60. The van der Waals surface area contributed by atoms with Gasteiger partial charge in [-0.05, 0) is 26.8 Å². The fourth-order valence-corrected chi connectivity index (χ4v) is 2.97. The second-order valence-corrected chi connectivity index (χ2v) is 6.02. The van der Waals surface area contributed by atoms with E-state index in [9.17, 15) is 4.79 Å². The molecule has 0 aliphatic rings. The zero-order valence-electron chi connectivity index (χ0n) is 12.9. The minimum Gasteiger partial charge on any atom is -0.355 e. The van der Waals surface area contributed by atoms with Crippen molar-refractivity contribution >= 4 is 39.2 Å². The minimum atomic E-state index is -0.0104. The van der Waals surface area contributed by atoms with Crippen LogP contribution in [0.25, 0.3) is 10.2 Å². The van der Waals surface area contributed by atoms with Crippen LogP contribution in [-0.4, -0.2) is 42.6 Å². The predicted molar refractivity (Wildman–Crippen MR) is 88.3 cm³/mol. The lowest BCUT2D eigenvalue weighted by atomic mass is 10.3. The van der Waals surface area contributed by atoms with E-state index in [2.05, 4.69) is 26.7 Å². The number of carbonyl (C=O) groups excluding carboxylic acids is 1. The van der Waals surface area contributed by atoms with E-state index in [0.29, 0.717) is 12.5 Å². The third-order valence-electron chi connectivity index (χ3n) is 2.95. The first-order chi connectivity index (χ1) is 10.0. The third-order valence-corrected chi connectivity index (χ3v) is 3.89. The Hall–Kier alpha value is -1.89. The van der Waals surface area contributed by atoms with Crippen molar-refractivity contribution in [1.29, 1.82) is 0 Å². The number of carbonyl (C=O) groups is 1. The molecule has 2 rings (SSSR count). The van der Waals surface area contributed by atoms with Gasteiger partial charge in [0.1, 0.15) is 10.6 Å². The molecule has 1 amide bonds. The highest BCUT2D eigenvalue weighted by Gasteiger charge is 2.15. The fraction of sp³-hybridized carbons (Fsp3) is 0.500. The van der Waals surface area contributed by atoms with Gasteiger partial charge in [0.05, 0.1) is 11.9 Å². The molecule has 0 aliphatic heterocycles. The summed E-state index contributed by atoms with van der Waals surface area (Å²) < 4.78 is 0. The van der Waals surface area contributed by atoms with E-state index in [4.69, 9.17) is 0 Å². The van der Waals surface area contributed by atoms with Gasteiger partial charge in [-0.1, -0.05) is 0 Å². The Bertz CT molecular complexity index is 640. The van der Waals surface area contributed by atoms with Gasteiger partial charge in [0, 0.05) is 25.0 Å². The van der Waals surface area contributed by atoms with Crippen molar-refractivity contribution in [2.75, 3.05) is 36.9 Å². The summed E-state index contributed by atoms with van der Waals surface area (Å²) in [6.07, 6.45) is 0. The Labute approximate surface area is 128 Å². The SMILES string of the molecule is CCNC(=O)CN(C)c1nc(NCC)nc2sc(C)cc12. The summed E-state index contributed by atoms with van der Waals surface area (Å²) in [7, 11) is 1.87. The standard InChI is InChI=1S/C14H21N5OS/c1-5-15-11(20)8-19(4)12-10-7-9(3)21-13(10)18-14(17-12)16-6-2/h7H,5-6,8H2,1-4H3,(H,15,20)(H,16,17,18). The quantitative estimate of drug-likeness (QED) is 0.854. The van der Waals surface area contributed by atoms with E-state index in [1.807, 2.05) is 32.7 Å². The molecule has 2 aromatic heterocycles. The average molecular weight is 307 g/mol. The Morgan fingerprint density at radius 3 is 2.76 bits per heavy atom. The first-order valence-corrected chi connectivity index (χ1v) is 7.86. The number of amides is 1. The number of aromatic nitrogens is 2. The highest BCUT2D eigenvalue weighted by Crippen LogP contribution is 2.31. The molecule has 0 saturated heterocycles. The number of fused-ring (bicyclic) bond motifs is 1. The van der Waals surface area contributed by atoms with Crippen LogP contribution in [0.2, 0.25) is 0 Å². The van der Waals surface area contributed by atoms with E-state index in [1.54, 1.807) is 11.3 Å². The van der Waals surface area contributed by atoms with Gasteiger partial charge in [-0.3, -0.25) is 4.79 Å². The Morgan fingerprint density at radius 1 is 1.33 bits per heavy atom. The molecule has 0 atom stereocenters. The van der Waals surface area contributed by atoms with Crippen molar-refractivity contribution in [3.05, 3.63) is 10.9 Å². The largest absolute Gasteiger partial charge is 0.355 e. The average Bonchev–Trinajstić information content (AvgIpc) is 2.78. The number of aryl methyl sites for hydroxylation is 1. The van der Waals surface area contributed by atoms with Gasteiger partial charge >= 0.3 is 0 Å². The van der Waals surface area contributed by atoms with Crippen molar-refractivity contribution < 1.29 is 4.79 Å². The van der Waals surface area contributed by atoms with Crippen molar-refractivity contribution in [3.8, 4) is 0 Å². The van der Waals surface area contributed by atoms with Gasteiger partial charge in [0.2, 0.25) is 11.9 Å². The molecule has 0 aromatic carbocycles. The van der Waals surface area contributed by atoms with Crippen LogP contribution in [0.3, 0.4) is 0 Å². The summed E-state index contributed by atoms with van der Waals surface area (Å²) in [4.78, 5) is 24.8. The lowest BCUT2D eigenvalue weighted by Crippen LogP contribution is -2.35. The molecule has 2 heterocycles. The number of hydrogen-bond donors (Lipinski definition) is 2. The van der Waals surface area contributed by atoms with E-state index < -0.39 is 0 Å². The van der Waals surface area contributed by atoms with Crippen molar-refractivity contribution in [3.63, 3.8) is 0 Å². The first kappa shape index (κ1) is 15.5. The summed E-state index contributed by atoms with van der Waals surface area (Å²) >= 11 is 1.63. The maximum absolute atomic E-state index is 11.8. The van der Waals surface area contributed by atoms with Crippen molar-refractivity contribution in [1.82, 2.24) is 15.3 Å². The monoisotopic (exact) mass is 307 g/mol. The number of anilines is 2. The molecule has 0 radical (unpaired) electrons. The molecule has 114 valence electrons. The maximum atomic E-state index is 11.8. The van der Waals surface area contributed by atoms with Crippen LogP contribution < -0.4 is 15.5 Å². The second kappa shape index (κ2) is 6.71. The molecule has 0 unspecified atom stereocenters. The van der Waals surface area contributed by atoms with Crippen LogP contribution in [-0.2, 0) is 4.79 Å². The van der Waals surface area contributed by atoms with E-state index in [-0.39, 0.29) is 12.5 Å². The molecule has 21 heavy (non-hydrogen) atoms. The molecule has 0 saturated carbocycles. The molecule has 7 heteroatoms. The summed E-state index contributed by atoms with van der Waals surface area (Å²) in [5.41, 5.74) is 0. The van der Waals surface area contributed by atoms with Gasteiger partial charge in [-0.15, -0.1) is 11.3 Å². The second-order valence-electron chi connectivity index (χ2n) is 4.79. The molecule has 0 aliphatic carbocycles. The molecular weight excluding hydrogens is 286 g/mol. The van der Waals surface area contributed by atoms with Crippen molar-refractivity contribution in [2.45, 2.75) is 20.8 Å². The summed E-state index contributed by atoms with van der Waals surface area (Å²) in [6.45, 7) is 7.63. The summed E-state index contributed by atoms with van der Waals surface area (Å²) in [5, 5.41) is 6.93.